The Hall–Kier alpha value is -1.59. The standard InChI is InChI=1S/C48H92O6/c1-7-44(6)36-30-24-17-14-15-19-27-33-39-48(51)54-45(41-53-47(50)38-32-26-21-20-23-29-35-43(4)5)40-52-46(49)37-31-25-18-13-11-9-8-10-12-16-22-28-34-42(2)3/h42-45H,7-41H2,1-6H3/t44?,45-/m0/s1. The van der Waals surface area contributed by atoms with Gasteiger partial charge in [0, 0.05) is 19.3 Å². The highest BCUT2D eigenvalue weighted by Crippen LogP contribution is 2.17. The van der Waals surface area contributed by atoms with Crippen molar-refractivity contribution in [2.75, 3.05) is 13.2 Å². The van der Waals surface area contributed by atoms with Crippen LogP contribution in [-0.4, -0.2) is 37.2 Å². The van der Waals surface area contributed by atoms with Gasteiger partial charge in [-0.05, 0) is 37.0 Å². The van der Waals surface area contributed by atoms with E-state index in [0.29, 0.717) is 19.3 Å². The van der Waals surface area contributed by atoms with Crippen LogP contribution in [0, 0.1) is 17.8 Å². The number of carbonyl (C=O) groups is 3. The van der Waals surface area contributed by atoms with Crippen molar-refractivity contribution >= 4 is 17.9 Å². The Balaban J connectivity index is 4.31. The summed E-state index contributed by atoms with van der Waals surface area (Å²) in [6, 6.07) is 0. The van der Waals surface area contributed by atoms with Gasteiger partial charge in [0.15, 0.2) is 6.10 Å². The van der Waals surface area contributed by atoms with E-state index < -0.39 is 6.10 Å². The number of rotatable bonds is 41. The quantitative estimate of drug-likeness (QED) is 0.0350. The molecular weight excluding hydrogens is 673 g/mol. The zero-order valence-electron chi connectivity index (χ0n) is 37.0. The van der Waals surface area contributed by atoms with Crippen molar-refractivity contribution in [1.82, 2.24) is 0 Å². The number of hydrogen-bond donors (Lipinski definition) is 0. The van der Waals surface area contributed by atoms with E-state index in [1.54, 1.807) is 0 Å². The lowest BCUT2D eigenvalue weighted by molar-refractivity contribution is -0.167. The van der Waals surface area contributed by atoms with Crippen LogP contribution in [0.25, 0.3) is 0 Å². The number of hydrogen-bond acceptors (Lipinski definition) is 6. The van der Waals surface area contributed by atoms with Gasteiger partial charge in [-0.3, -0.25) is 14.4 Å². The third kappa shape index (κ3) is 40.1. The van der Waals surface area contributed by atoms with E-state index in [0.717, 1.165) is 75.5 Å². The fourth-order valence-corrected chi connectivity index (χ4v) is 7.02. The highest BCUT2D eigenvalue weighted by Gasteiger charge is 2.19. The molecule has 1 unspecified atom stereocenters. The normalized spacial score (nSPS) is 12.7. The fourth-order valence-electron chi connectivity index (χ4n) is 7.02. The average molecular weight is 765 g/mol. The van der Waals surface area contributed by atoms with Gasteiger partial charge in [0.1, 0.15) is 13.2 Å². The molecule has 0 saturated carbocycles. The minimum Gasteiger partial charge on any atom is -0.462 e. The monoisotopic (exact) mass is 765 g/mol. The summed E-state index contributed by atoms with van der Waals surface area (Å²) in [4.78, 5) is 37.7. The third-order valence-corrected chi connectivity index (χ3v) is 11.0. The molecule has 0 aliphatic rings. The number of carbonyl (C=O) groups excluding carboxylic acids is 3. The Morgan fingerprint density at radius 2 is 0.648 bits per heavy atom. The zero-order valence-corrected chi connectivity index (χ0v) is 37.0. The van der Waals surface area contributed by atoms with Gasteiger partial charge in [0.05, 0.1) is 0 Å². The van der Waals surface area contributed by atoms with Crippen molar-refractivity contribution in [2.45, 2.75) is 260 Å². The first-order chi connectivity index (χ1) is 26.1. The Labute approximate surface area is 336 Å². The van der Waals surface area contributed by atoms with E-state index in [4.69, 9.17) is 14.2 Å². The largest absolute Gasteiger partial charge is 0.462 e. The summed E-state index contributed by atoms with van der Waals surface area (Å²) in [7, 11) is 0. The van der Waals surface area contributed by atoms with Crippen molar-refractivity contribution in [2.24, 2.45) is 17.8 Å². The molecule has 0 spiro atoms. The van der Waals surface area contributed by atoms with Gasteiger partial charge in [-0.25, -0.2) is 0 Å². The molecule has 0 saturated heterocycles. The van der Waals surface area contributed by atoms with E-state index in [9.17, 15) is 14.4 Å². The van der Waals surface area contributed by atoms with E-state index in [2.05, 4.69) is 41.5 Å². The summed E-state index contributed by atoms with van der Waals surface area (Å²) < 4.78 is 16.7. The lowest BCUT2D eigenvalue weighted by Gasteiger charge is -2.18. The maximum Gasteiger partial charge on any atom is 0.306 e. The topological polar surface area (TPSA) is 78.9 Å². The summed E-state index contributed by atoms with van der Waals surface area (Å²) in [5.41, 5.74) is 0. The molecular formula is C48H92O6. The molecule has 320 valence electrons. The molecule has 0 aromatic heterocycles. The van der Waals surface area contributed by atoms with Gasteiger partial charge in [0.2, 0.25) is 0 Å². The minimum absolute atomic E-state index is 0.0665. The van der Waals surface area contributed by atoms with Crippen LogP contribution in [0.3, 0.4) is 0 Å². The number of ether oxygens (including phenoxy) is 3. The second-order valence-electron chi connectivity index (χ2n) is 17.6. The van der Waals surface area contributed by atoms with Crippen LogP contribution in [0.15, 0.2) is 0 Å². The molecule has 0 aromatic rings. The van der Waals surface area contributed by atoms with Gasteiger partial charge in [-0.2, -0.15) is 0 Å². The fraction of sp³-hybridized carbons (Fsp3) is 0.938. The molecule has 0 radical (unpaired) electrons. The molecule has 0 amide bonds. The summed E-state index contributed by atoms with van der Waals surface area (Å²) in [5.74, 6) is 1.58. The molecule has 6 heteroatoms. The molecule has 2 atom stereocenters. The highest BCUT2D eigenvalue weighted by molar-refractivity contribution is 5.71. The smallest absolute Gasteiger partial charge is 0.306 e. The van der Waals surface area contributed by atoms with E-state index in [1.807, 2.05) is 0 Å². The molecule has 0 bridgehead atoms. The molecule has 0 aromatic carbocycles. The molecule has 0 aliphatic heterocycles. The summed E-state index contributed by atoms with van der Waals surface area (Å²) in [6.07, 6.45) is 36.7. The Morgan fingerprint density at radius 3 is 0.963 bits per heavy atom. The van der Waals surface area contributed by atoms with Crippen molar-refractivity contribution in [3.8, 4) is 0 Å². The van der Waals surface area contributed by atoms with Gasteiger partial charge in [-0.15, -0.1) is 0 Å². The van der Waals surface area contributed by atoms with E-state index in [-0.39, 0.29) is 31.1 Å². The minimum atomic E-state index is -0.762. The predicted octanol–water partition coefficient (Wildman–Crippen LogP) is 14.8. The first-order valence-corrected chi connectivity index (χ1v) is 23.6. The molecule has 0 N–H and O–H groups in total. The van der Waals surface area contributed by atoms with E-state index >= 15 is 0 Å². The van der Waals surface area contributed by atoms with Crippen LogP contribution in [0.5, 0.6) is 0 Å². The van der Waals surface area contributed by atoms with Crippen LogP contribution >= 0.6 is 0 Å². The van der Waals surface area contributed by atoms with Crippen LogP contribution in [-0.2, 0) is 28.6 Å². The Bertz CT molecular complexity index is 839. The second-order valence-corrected chi connectivity index (χ2v) is 17.6. The molecule has 0 heterocycles. The maximum atomic E-state index is 12.7. The van der Waals surface area contributed by atoms with Crippen molar-refractivity contribution < 1.29 is 28.6 Å². The third-order valence-electron chi connectivity index (χ3n) is 11.0. The number of esters is 3. The van der Waals surface area contributed by atoms with E-state index in [1.165, 1.54) is 135 Å². The van der Waals surface area contributed by atoms with Crippen molar-refractivity contribution in [3.05, 3.63) is 0 Å². The molecule has 6 nitrogen and oxygen atoms in total. The summed E-state index contributed by atoms with van der Waals surface area (Å²) in [6.45, 7) is 13.6. The average Bonchev–Trinajstić information content (AvgIpc) is 3.14. The second kappa shape index (κ2) is 39.6. The van der Waals surface area contributed by atoms with Crippen molar-refractivity contribution in [1.29, 1.82) is 0 Å². The van der Waals surface area contributed by atoms with Gasteiger partial charge in [0.25, 0.3) is 0 Å². The Kier molecular flexibility index (Phi) is 38.5. The molecule has 0 rings (SSSR count). The van der Waals surface area contributed by atoms with Crippen LogP contribution in [0.4, 0.5) is 0 Å². The van der Waals surface area contributed by atoms with Gasteiger partial charge < -0.3 is 14.2 Å². The van der Waals surface area contributed by atoms with Gasteiger partial charge in [-0.1, -0.05) is 215 Å². The lowest BCUT2D eigenvalue weighted by Crippen LogP contribution is -2.30. The molecule has 0 aliphatic carbocycles. The predicted molar refractivity (Wildman–Crippen MR) is 229 cm³/mol. The van der Waals surface area contributed by atoms with Gasteiger partial charge >= 0.3 is 17.9 Å². The van der Waals surface area contributed by atoms with Crippen LogP contribution in [0.1, 0.15) is 253 Å². The zero-order chi connectivity index (χ0) is 39.9. The summed E-state index contributed by atoms with van der Waals surface area (Å²) in [5, 5.41) is 0. The first kappa shape index (κ1) is 52.4. The molecule has 54 heavy (non-hydrogen) atoms. The lowest BCUT2D eigenvalue weighted by atomic mass is 9.99. The first-order valence-electron chi connectivity index (χ1n) is 23.6. The van der Waals surface area contributed by atoms with Crippen molar-refractivity contribution in [3.63, 3.8) is 0 Å². The van der Waals surface area contributed by atoms with Crippen LogP contribution < -0.4 is 0 Å². The highest BCUT2D eigenvalue weighted by atomic mass is 16.6. The SMILES string of the molecule is CCC(C)CCCCCCCCCCC(=O)O[C@@H](COC(=O)CCCCCCCCCCCCCCC(C)C)COC(=O)CCCCCCCCC(C)C. The number of unbranched alkanes of at least 4 members (excludes halogenated alkanes) is 23. The Morgan fingerprint density at radius 1 is 0.370 bits per heavy atom. The molecule has 0 fully saturated rings. The van der Waals surface area contributed by atoms with Crippen LogP contribution in [0.2, 0.25) is 0 Å². The maximum absolute atomic E-state index is 12.7. The summed E-state index contributed by atoms with van der Waals surface area (Å²) >= 11 is 0.